The maximum atomic E-state index is 13.8. The van der Waals surface area contributed by atoms with Gasteiger partial charge in [0, 0.05) is 23.0 Å². The normalized spacial score (nSPS) is 10.5. The summed E-state index contributed by atoms with van der Waals surface area (Å²) < 4.78 is 18.5. The number of pyridine rings is 1. The molecule has 1 aromatic heterocycles. The summed E-state index contributed by atoms with van der Waals surface area (Å²) in [5.41, 5.74) is 2.17. The van der Waals surface area contributed by atoms with Gasteiger partial charge >= 0.3 is 5.97 Å². The van der Waals surface area contributed by atoms with Crippen LogP contribution in [0.25, 0.3) is 10.9 Å². The summed E-state index contributed by atoms with van der Waals surface area (Å²) in [5.74, 6) is -0.779. The number of fused-ring (bicyclic) bond motifs is 1. The number of aromatic nitrogens is 1. The van der Waals surface area contributed by atoms with Gasteiger partial charge in [0.15, 0.2) is 0 Å². The van der Waals surface area contributed by atoms with Crippen LogP contribution in [0.3, 0.4) is 0 Å². The van der Waals surface area contributed by atoms with Gasteiger partial charge in [0.25, 0.3) is 0 Å². The lowest BCUT2D eigenvalue weighted by Gasteiger charge is -2.10. The van der Waals surface area contributed by atoms with Crippen LogP contribution in [-0.2, 0) is 4.74 Å². The van der Waals surface area contributed by atoms with Gasteiger partial charge in [0.2, 0.25) is 0 Å². The molecule has 0 saturated heterocycles. The van der Waals surface area contributed by atoms with Crippen LogP contribution in [0, 0.1) is 5.82 Å². The van der Waals surface area contributed by atoms with Crippen LogP contribution in [0.2, 0.25) is 0 Å². The number of nitrogens with zero attached hydrogens (tertiary/aromatic N) is 1. The lowest BCUT2D eigenvalue weighted by molar-refractivity contribution is 0.0601. The van der Waals surface area contributed by atoms with E-state index in [-0.39, 0.29) is 5.82 Å². The Bertz CT molecular complexity index is 849. The van der Waals surface area contributed by atoms with E-state index in [1.54, 1.807) is 36.4 Å². The van der Waals surface area contributed by atoms with Crippen LogP contribution in [0.5, 0.6) is 0 Å². The second-order valence-corrected chi connectivity index (χ2v) is 4.69. The van der Waals surface area contributed by atoms with E-state index < -0.39 is 5.97 Å². The Morgan fingerprint density at radius 1 is 1.18 bits per heavy atom. The Morgan fingerprint density at radius 3 is 2.82 bits per heavy atom. The number of anilines is 2. The molecule has 0 aliphatic rings. The minimum absolute atomic E-state index is 0.302. The number of rotatable bonds is 3. The zero-order valence-electron chi connectivity index (χ0n) is 11.8. The maximum absolute atomic E-state index is 13.8. The zero-order valence-corrected chi connectivity index (χ0v) is 11.8. The third kappa shape index (κ3) is 2.61. The van der Waals surface area contributed by atoms with Crippen molar-refractivity contribution < 1.29 is 13.9 Å². The van der Waals surface area contributed by atoms with E-state index in [2.05, 4.69) is 10.3 Å². The topological polar surface area (TPSA) is 51.2 Å². The molecule has 22 heavy (non-hydrogen) atoms. The van der Waals surface area contributed by atoms with Gasteiger partial charge in [-0.2, -0.15) is 0 Å². The first-order valence-electron chi connectivity index (χ1n) is 6.67. The standard InChI is InChI=1S/C17H13FN2O2/c1-22-17(21)11-4-2-5-12(10-11)20-15-8-9-19-16-13(15)6-3-7-14(16)18/h2-10H,1H3,(H,19,20). The molecule has 0 aliphatic heterocycles. The minimum Gasteiger partial charge on any atom is -0.465 e. The van der Waals surface area contributed by atoms with E-state index in [4.69, 9.17) is 4.74 Å². The molecule has 0 aliphatic carbocycles. The first-order valence-corrected chi connectivity index (χ1v) is 6.67. The van der Waals surface area contributed by atoms with E-state index in [9.17, 15) is 9.18 Å². The summed E-state index contributed by atoms with van der Waals surface area (Å²) in [7, 11) is 1.33. The minimum atomic E-state index is -0.408. The molecule has 0 atom stereocenters. The van der Waals surface area contributed by atoms with E-state index in [1.165, 1.54) is 19.4 Å². The summed E-state index contributed by atoms with van der Waals surface area (Å²) in [6, 6.07) is 13.5. The Hall–Kier alpha value is -2.95. The number of para-hydroxylation sites is 1. The molecular formula is C17H13FN2O2. The van der Waals surface area contributed by atoms with E-state index in [0.29, 0.717) is 27.8 Å². The van der Waals surface area contributed by atoms with Gasteiger partial charge in [0.1, 0.15) is 11.3 Å². The number of nitrogens with one attached hydrogen (secondary N) is 1. The van der Waals surface area contributed by atoms with Crippen molar-refractivity contribution in [2.45, 2.75) is 0 Å². The molecular weight excluding hydrogens is 283 g/mol. The van der Waals surface area contributed by atoms with Gasteiger partial charge < -0.3 is 10.1 Å². The fraction of sp³-hybridized carbons (Fsp3) is 0.0588. The van der Waals surface area contributed by atoms with Gasteiger partial charge in [-0.3, -0.25) is 4.98 Å². The average molecular weight is 296 g/mol. The van der Waals surface area contributed by atoms with Crippen LogP contribution in [-0.4, -0.2) is 18.1 Å². The van der Waals surface area contributed by atoms with Crippen molar-refractivity contribution in [3.63, 3.8) is 0 Å². The number of halogens is 1. The van der Waals surface area contributed by atoms with Crippen molar-refractivity contribution in [3.05, 3.63) is 66.1 Å². The Kier molecular flexibility index (Phi) is 3.70. The van der Waals surface area contributed by atoms with Gasteiger partial charge in [-0.15, -0.1) is 0 Å². The summed E-state index contributed by atoms with van der Waals surface area (Å²) in [4.78, 5) is 15.6. The SMILES string of the molecule is COC(=O)c1cccc(Nc2ccnc3c(F)cccc23)c1. The number of benzene rings is 2. The number of hydrogen-bond acceptors (Lipinski definition) is 4. The molecule has 0 unspecified atom stereocenters. The van der Waals surface area contributed by atoms with E-state index in [1.807, 2.05) is 6.07 Å². The first-order chi connectivity index (χ1) is 10.7. The fourth-order valence-electron chi connectivity index (χ4n) is 2.25. The number of ether oxygens (including phenoxy) is 1. The van der Waals surface area contributed by atoms with Crippen molar-refractivity contribution in [1.29, 1.82) is 0 Å². The molecule has 5 heteroatoms. The predicted octanol–water partition coefficient (Wildman–Crippen LogP) is 3.90. The summed E-state index contributed by atoms with van der Waals surface area (Å²) in [5, 5.41) is 3.85. The van der Waals surface area contributed by atoms with Crippen LogP contribution in [0.15, 0.2) is 54.7 Å². The third-order valence-electron chi connectivity index (χ3n) is 3.28. The Morgan fingerprint density at radius 2 is 2.00 bits per heavy atom. The molecule has 4 nitrogen and oxygen atoms in total. The third-order valence-corrected chi connectivity index (χ3v) is 3.28. The van der Waals surface area contributed by atoms with Gasteiger partial charge in [0.05, 0.1) is 12.7 Å². The molecule has 110 valence electrons. The molecule has 3 rings (SSSR count). The quantitative estimate of drug-likeness (QED) is 0.745. The lowest BCUT2D eigenvalue weighted by atomic mass is 10.1. The molecule has 0 saturated carbocycles. The van der Waals surface area contributed by atoms with Crippen LogP contribution in [0.1, 0.15) is 10.4 Å². The second kappa shape index (κ2) is 5.81. The Labute approximate surface area is 126 Å². The first kappa shape index (κ1) is 14.0. The predicted molar refractivity (Wildman–Crippen MR) is 82.8 cm³/mol. The summed E-state index contributed by atoms with van der Waals surface area (Å²) >= 11 is 0. The highest BCUT2D eigenvalue weighted by atomic mass is 19.1. The number of carbonyl (C=O) groups excluding carboxylic acids is 1. The Balaban J connectivity index is 2.00. The van der Waals surface area contributed by atoms with E-state index in [0.717, 1.165) is 0 Å². The molecule has 2 aromatic carbocycles. The van der Waals surface area contributed by atoms with Gasteiger partial charge in [-0.25, -0.2) is 9.18 Å². The average Bonchev–Trinajstić information content (AvgIpc) is 2.55. The lowest BCUT2D eigenvalue weighted by Crippen LogP contribution is -2.02. The zero-order chi connectivity index (χ0) is 15.5. The van der Waals surface area contributed by atoms with Crippen LogP contribution in [0.4, 0.5) is 15.8 Å². The highest BCUT2D eigenvalue weighted by Crippen LogP contribution is 2.26. The number of methoxy groups -OCH3 is 1. The van der Waals surface area contributed by atoms with Crippen molar-refractivity contribution in [3.8, 4) is 0 Å². The van der Waals surface area contributed by atoms with E-state index >= 15 is 0 Å². The second-order valence-electron chi connectivity index (χ2n) is 4.69. The molecule has 3 aromatic rings. The van der Waals surface area contributed by atoms with Crippen LogP contribution < -0.4 is 5.32 Å². The number of carbonyl (C=O) groups is 1. The largest absolute Gasteiger partial charge is 0.465 e. The molecule has 0 amide bonds. The van der Waals surface area contributed by atoms with Crippen LogP contribution >= 0.6 is 0 Å². The molecule has 0 fully saturated rings. The number of esters is 1. The smallest absolute Gasteiger partial charge is 0.337 e. The van der Waals surface area contributed by atoms with Gasteiger partial charge in [-0.05, 0) is 30.3 Å². The molecule has 0 bridgehead atoms. The molecule has 1 heterocycles. The van der Waals surface area contributed by atoms with Crippen molar-refractivity contribution in [2.75, 3.05) is 12.4 Å². The fourth-order valence-corrected chi connectivity index (χ4v) is 2.25. The maximum Gasteiger partial charge on any atom is 0.337 e. The molecule has 0 spiro atoms. The monoisotopic (exact) mass is 296 g/mol. The molecule has 1 N–H and O–H groups in total. The van der Waals surface area contributed by atoms with Crippen molar-refractivity contribution in [1.82, 2.24) is 4.98 Å². The molecule has 0 radical (unpaired) electrons. The van der Waals surface area contributed by atoms with Crippen molar-refractivity contribution >= 4 is 28.2 Å². The summed E-state index contributed by atoms with van der Waals surface area (Å²) in [6.07, 6.45) is 1.54. The van der Waals surface area contributed by atoms with Gasteiger partial charge in [-0.1, -0.05) is 18.2 Å². The summed E-state index contributed by atoms with van der Waals surface area (Å²) in [6.45, 7) is 0. The highest BCUT2D eigenvalue weighted by molar-refractivity contribution is 5.94. The highest BCUT2D eigenvalue weighted by Gasteiger charge is 2.08. The van der Waals surface area contributed by atoms with Crippen molar-refractivity contribution in [2.24, 2.45) is 0 Å². The number of hydrogen-bond donors (Lipinski definition) is 1.